The zero-order valence-electron chi connectivity index (χ0n) is 12.3. The zero-order chi connectivity index (χ0) is 15.4. The van der Waals surface area contributed by atoms with Gasteiger partial charge in [-0.25, -0.2) is 4.98 Å². The Hall–Kier alpha value is -2.47. The first-order chi connectivity index (χ1) is 10.7. The lowest BCUT2D eigenvalue weighted by molar-refractivity contribution is -0.384. The molecule has 1 aliphatic heterocycles. The highest BCUT2D eigenvalue weighted by molar-refractivity contribution is 5.57. The van der Waals surface area contributed by atoms with Crippen LogP contribution in [0.1, 0.15) is 5.56 Å². The molecule has 6 nitrogen and oxygen atoms in total. The van der Waals surface area contributed by atoms with Gasteiger partial charge in [-0.1, -0.05) is 30.3 Å². The number of nitro groups is 1. The average Bonchev–Trinajstić information content (AvgIpc) is 2.56. The summed E-state index contributed by atoms with van der Waals surface area (Å²) >= 11 is 0. The Kier molecular flexibility index (Phi) is 4.29. The van der Waals surface area contributed by atoms with Crippen LogP contribution in [0.4, 0.5) is 11.5 Å². The summed E-state index contributed by atoms with van der Waals surface area (Å²) in [6.07, 6.45) is 1.61. The van der Waals surface area contributed by atoms with E-state index in [1.54, 1.807) is 12.3 Å². The lowest BCUT2D eigenvalue weighted by Gasteiger charge is -2.35. The molecule has 114 valence electrons. The second-order valence-corrected chi connectivity index (χ2v) is 5.35. The van der Waals surface area contributed by atoms with Gasteiger partial charge < -0.3 is 4.90 Å². The van der Waals surface area contributed by atoms with Crippen LogP contribution < -0.4 is 4.90 Å². The van der Waals surface area contributed by atoms with Gasteiger partial charge >= 0.3 is 5.69 Å². The van der Waals surface area contributed by atoms with E-state index in [0.29, 0.717) is 5.82 Å². The fraction of sp³-hybridized carbons (Fsp3) is 0.312. The number of aromatic nitrogens is 1. The van der Waals surface area contributed by atoms with Crippen LogP contribution in [0.2, 0.25) is 0 Å². The van der Waals surface area contributed by atoms with Gasteiger partial charge in [0.05, 0.1) is 4.92 Å². The van der Waals surface area contributed by atoms with Crippen molar-refractivity contribution in [2.24, 2.45) is 0 Å². The van der Waals surface area contributed by atoms with Crippen molar-refractivity contribution >= 4 is 11.5 Å². The van der Waals surface area contributed by atoms with Crippen molar-refractivity contribution in [1.29, 1.82) is 0 Å². The minimum absolute atomic E-state index is 0.0824. The van der Waals surface area contributed by atoms with E-state index < -0.39 is 0 Å². The van der Waals surface area contributed by atoms with Crippen LogP contribution in [0, 0.1) is 10.1 Å². The second kappa shape index (κ2) is 6.53. The normalized spacial score (nSPS) is 15.7. The van der Waals surface area contributed by atoms with Gasteiger partial charge in [-0.05, 0) is 11.6 Å². The molecule has 2 aromatic rings. The third-order valence-corrected chi connectivity index (χ3v) is 3.88. The molecule has 0 saturated carbocycles. The topological polar surface area (TPSA) is 62.5 Å². The van der Waals surface area contributed by atoms with E-state index in [-0.39, 0.29) is 10.6 Å². The quantitative estimate of drug-likeness (QED) is 0.640. The van der Waals surface area contributed by atoms with E-state index in [0.717, 1.165) is 32.7 Å². The molecule has 0 spiro atoms. The summed E-state index contributed by atoms with van der Waals surface area (Å²) in [5.74, 6) is 0.479. The Morgan fingerprint density at radius 1 is 1.05 bits per heavy atom. The summed E-state index contributed by atoms with van der Waals surface area (Å²) in [6, 6.07) is 13.5. The van der Waals surface area contributed by atoms with Gasteiger partial charge in [-0.15, -0.1) is 0 Å². The number of piperazine rings is 1. The average molecular weight is 298 g/mol. The van der Waals surface area contributed by atoms with Crippen molar-refractivity contribution in [3.05, 3.63) is 64.3 Å². The maximum Gasteiger partial charge on any atom is 0.311 e. The molecule has 2 heterocycles. The van der Waals surface area contributed by atoms with E-state index in [2.05, 4.69) is 22.0 Å². The highest BCUT2D eigenvalue weighted by Gasteiger charge is 2.24. The molecule has 22 heavy (non-hydrogen) atoms. The number of rotatable bonds is 4. The molecule has 0 amide bonds. The molecule has 6 heteroatoms. The van der Waals surface area contributed by atoms with Crippen molar-refractivity contribution in [3.63, 3.8) is 0 Å². The molecule has 1 aromatic carbocycles. The minimum atomic E-state index is -0.362. The molecular weight excluding hydrogens is 280 g/mol. The maximum absolute atomic E-state index is 11.1. The summed E-state index contributed by atoms with van der Waals surface area (Å²) in [5, 5.41) is 11.1. The number of pyridine rings is 1. The third kappa shape index (κ3) is 3.23. The second-order valence-electron chi connectivity index (χ2n) is 5.35. The fourth-order valence-electron chi connectivity index (χ4n) is 2.73. The Bertz CT molecular complexity index is 640. The van der Waals surface area contributed by atoms with E-state index in [1.807, 2.05) is 23.1 Å². The van der Waals surface area contributed by atoms with Gasteiger partial charge in [0.1, 0.15) is 0 Å². The first-order valence-corrected chi connectivity index (χ1v) is 7.34. The first-order valence-electron chi connectivity index (χ1n) is 7.34. The van der Waals surface area contributed by atoms with Crippen LogP contribution in [0.15, 0.2) is 48.7 Å². The zero-order valence-corrected chi connectivity index (χ0v) is 12.3. The van der Waals surface area contributed by atoms with Crippen LogP contribution in [-0.2, 0) is 6.54 Å². The van der Waals surface area contributed by atoms with Gasteiger partial charge in [0, 0.05) is 45.0 Å². The molecule has 1 fully saturated rings. The first kappa shape index (κ1) is 14.5. The lowest BCUT2D eigenvalue weighted by Crippen LogP contribution is -2.46. The smallest absolute Gasteiger partial charge is 0.311 e. The molecule has 1 saturated heterocycles. The number of anilines is 1. The van der Waals surface area contributed by atoms with Crippen molar-refractivity contribution in [3.8, 4) is 0 Å². The largest absolute Gasteiger partial charge is 0.348 e. The molecule has 0 radical (unpaired) electrons. The summed E-state index contributed by atoms with van der Waals surface area (Å²) < 4.78 is 0. The Morgan fingerprint density at radius 2 is 1.77 bits per heavy atom. The molecule has 0 N–H and O–H groups in total. The van der Waals surface area contributed by atoms with Crippen molar-refractivity contribution in [2.75, 3.05) is 31.1 Å². The summed E-state index contributed by atoms with van der Waals surface area (Å²) in [4.78, 5) is 19.3. The monoisotopic (exact) mass is 298 g/mol. The van der Waals surface area contributed by atoms with E-state index >= 15 is 0 Å². The van der Waals surface area contributed by atoms with Crippen LogP contribution in [0.25, 0.3) is 0 Å². The molecule has 0 atom stereocenters. The Balaban J connectivity index is 1.64. The van der Waals surface area contributed by atoms with Gasteiger partial charge in [0.2, 0.25) is 5.82 Å². The van der Waals surface area contributed by atoms with Crippen molar-refractivity contribution in [1.82, 2.24) is 9.88 Å². The summed E-state index contributed by atoms with van der Waals surface area (Å²) in [6.45, 7) is 4.18. The highest BCUT2D eigenvalue weighted by atomic mass is 16.6. The number of hydrogen-bond acceptors (Lipinski definition) is 5. The lowest BCUT2D eigenvalue weighted by atomic mass is 10.2. The van der Waals surface area contributed by atoms with Crippen molar-refractivity contribution < 1.29 is 4.92 Å². The maximum atomic E-state index is 11.1. The molecule has 1 aliphatic rings. The standard InChI is InChI=1S/C16H18N4O2/c21-20(22)15-7-4-8-17-16(15)19-11-9-18(10-12-19)13-14-5-2-1-3-6-14/h1-8H,9-13H2. The van der Waals surface area contributed by atoms with Crippen LogP contribution >= 0.6 is 0 Å². The molecule has 0 aliphatic carbocycles. The Labute approximate surface area is 129 Å². The molecule has 0 unspecified atom stereocenters. The van der Waals surface area contributed by atoms with Gasteiger partial charge in [-0.3, -0.25) is 15.0 Å². The minimum Gasteiger partial charge on any atom is -0.348 e. The van der Waals surface area contributed by atoms with E-state index in [9.17, 15) is 10.1 Å². The molecule has 1 aromatic heterocycles. The van der Waals surface area contributed by atoms with Gasteiger partial charge in [-0.2, -0.15) is 0 Å². The Morgan fingerprint density at radius 3 is 2.45 bits per heavy atom. The number of hydrogen-bond donors (Lipinski definition) is 0. The number of nitrogens with zero attached hydrogens (tertiary/aromatic N) is 4. The van der Waals surface area contributed by atoms with Crippen LogP contribution in [0.3, 0.4) is 0 Å². The fourth-order valence-corrected chi connectivity index (χ4v) is 2.73. The predicted octanol–water partition coefficient (Wildman–Crippen LogP) is 2.31. The predicted molar refractivity (Wildman–Crippen MR) is 84.8 cm³/mol. The highest BCUT2D eigenvalue weighted by Crippen LogP contribution is 2.25. The van der Waals surface area contributed by atoms with E-state index in [4.69, 9.17) is 0 Å². The summed E-state index contributed by atoms with van der Waals surface area (Å²) in [5.41, 5.74) is 1.37. The van der Waals surface area contributed by atoms with Crippen molar-refractivity contribution in [2.45, 2.75) is 6.54 Å². The number of benzene rings is 1. The molecule has 0 bridgehead atoms. The van der Waals surface area contributed by atoms with Gasteiger partial charge in [0.25, 0.3) is 0 Å². The molecule has 3 rings (SSSR count). The summed E-state index contributed by atoms with van der Waals surface area (Å²) in [7, 11) is 0. The van der Waals surface area contributed by atoms with Crippen LogP contribution in [-0.4, -0.2) is 41.0 Å². The SMILES string of the molecule is O=[N+]([O-])c1cccnc1N1CCN(Cc2ccccc2)CC1. The van der Waals surface area contributed by atoms with Crippen LogP contribution in [0.5, 0.6) is 0 Å². The van der Waals surface area contributed by atoms with E-state index in [1.165, 1.54) is 11.6 Å². The third-order valence-electron chi connectivity index (χ3n) is 3.88. The molecular formula is C16H18N4O2. The van der Waals surface area contributed by atoms with Gasteiger partial charge in [0.15, 0.2) is 0 Å².